The van der Waals surface area contributed by atoms with Gasteiger partial charge in [-0.3, -0.25) is 4.98 Å². The zero-order valence-corrected chi connectivity index (χ0v) is 11.8. The fraction of sp³-hybridized carbons (Fsp3) is 0.0769. The molecule has 1 N–H and O–H groups in total. The van der Waals surface area contributed by atoms with Gasteiger partial charge >= 0.3 is 0 Å². The average Bonchev–Trinajstić information content (AvgIpc) is 2.42. The summed E-state index contributed by atoms with van der Waals surface area (Å²) in [4.78, 5) is 7.47. The van der Waals surface area contributed by atoms with Crippen molar-refractivity contribution < 1.29 is 14.2 Å². The molecule has 4 nitrogen and oxygen atoms in total. The number of rotatable bonds is 3. The van der Waals surface area contributed by atoms with Gasteiger partial charge < -0.3 is 9.84 Å². The largest absolute Gasteiger partial charge is 0.504 e. The Bertz CT molecular complexity index is 657. The van der Waals surface area contributed by atoms with Gasteiger partial charge in [-0.25, -0.2) is 4.99 Å². The van der Waals surface area contributed by atoms with Crippen molar-refractivity contribution in [1.29, 1.82) is 0 Å². The summed E-state index contributed by atoms with van der Waals surface area (Å²) in [6.45, 7) is 0. The van der Waals surface area contributed by atoms with Gasteiger partial charge in [0.2, 0.25) is 5.97 Å². The van der Waals surface area contributed by atoms with Gasteiger partial charge in [0.25, 0.3) is 0 Å². The normalized spacial score (nSPS) is 11.5. The Morgan fingerprint density at radius 3 is 2.50 bits per heavy atom. The predicted molar refractivity (Wildman–Crippen MR) is 76.2 cm³/mol. The second kappa shape index (κ2) is 6.07. The number of phenolic OH excluding ortho intramolecular Hbond substituents is 1. The summed E-state index contributed by atoms with van der Waals surface area (Å²) in [7, 11) is 1.40. The maximum Gasteiger partial charge on any atom is 0.220 e. The quantitative estimate of drug-likeness (QED) is 0.866. The van der Waals surface area contributed by atoms with E-state index in [0.29, 0.717) is 0 Å². The summed E-state index contributed by atoms with van der Waals surface area (Å²) >= 11 is 11.7. The van der Waals surface area contributed by atoms with Crippen molar-refractivity contribution in [2.24, 2.45) is 4.99 Å². The van der Waals surface area contributed by atoms with Crippen LogP contribution in [0.1, 0.15) is 5.56 Å². The van der Waals surface area contributed by atoms with Gasteiger partial charge in [0.1, 0.15) is 5.69 Å². The van der Waals surface area contributed by atoms with E-state index in [1.54, 1.807) is 0 Å². The van der Waals surface area contributed by atoms with E-state index in [1.165, 1.54) is 37.7 Å². The molecule has 0 unspecified atom stereocenters. The fourth-order valence-electron chi connectivity index (χ4n) is 1.49. The Labute approximate surface area is 124 Å². The number of aromatic nitrogens is 1. The first-order valence-corrected chi connectivity index (χ1v) is 6.19. The van der Waals surface area contributed by atoms with Gasteiger partial charge in [-0.2, -0.15) is 4.39 Å². The van der Waals surface area contributed by atoms with Crippen molar-refractivity contribution in [3.05, 3.63) is 46.2 Å². The minimum atomic E-state index is -0.835. The molecule has 1 aromatic heterocycles. The summed E-state index contributed by atoms with van der Waals surface area (Å²) in [5.74, 6) is -0.790. The Morgan fingerprint density at radius 2 is 1.95 bits per heavy atom. The molecule has 0 fully saturated rings. The molecule has 0 radical (unpaired) electrons. The molecule has 1 aromatic carbocycles. The van der Waals surface area contributed by atoms with Crippen LogP contribution in [0.5, 0.6) is 11.5 Å². The number of benzene rings is 1. The molecule has 20 heavy (non-hydrogen) atoms. The molecular weight excluding hydrogens is 306 g/mol. The summed E-state index contributed by atoms with van der Waals surface area (Å²) in [6.07, 6.45) is 2.62. The van der Waals surface area contributed by atoms with E-state index in [2.05, 4.69) is 9.98 Å². The summed E-state index contributed by atoms with van der Waals surface area (Å²) in [6, 6.07) is 4.04. The van der Waals surface area contributed by atoms with E-state index in [4.69, 9.17) is 27.9 Å². The number of ether oxygens (including phenoxy) is 1. The molecule has 0 amide bonds. The lowest BCUT2D eigenvalue weighted by Crippen LogP contribution is -1.93. The van der Waals surface area contributed by atoms with Crippen LogP contribution in [0.4, 0.5) is 10.1 Å². The second-order valence-electron chi connectivity index (χ2n) is 3.74. The summed E-state index contributed by atoms with van der Waals surface area (Å²) < 4.78 is 18.9. The molecule has 104 valence electrons. The Balaban J connectivity index is 2.43. The number of pyridine rings is 1. The van der Waals surface area contributed by atoms with Gasteiger partial charge in [-0.1, -0.05) is 23.2 Å². The number of phenols is 1. The van der Waals surface area contributed by atoms with Crippen molar-refractivity contribution in [2.75, 3.05) is 7.11 Å². The molecular formula is C13H9Cl2FN2O2. The van der Waals surface area contributed by atoms with Gasteiger partial charge in [-0.15, -0.1) is 0 Å². The Kier molecular flexibility index (Phi) is 4.42. The highest BCUT2D eigenvalue weighted by Crippen LogP contribution is 2.33. The van der Waals surface area contributed by atoms with Crippen LogP contribution < -0.4 is 4.74 Å². The van der Waals surface area contributed by atoms with Gasteiger partial charge in [0, 0.05) is 18.0 Å². The van der Waals surface area contributed by atoms with E-state index < -0.39 is 5.97 Å². The Morgan fingerprint density at radius 1 is 1.30 bits per heavy atom. The highest BCUT2D eigenvalue weighted by atomic mass is 35.5. The smallest absolute Gasteiger partial charge is 0.220 e. The number of halogens is 3. The first-order chi connectivity index (χ1) is 9.52. The monoisotopic (exact) mass is 314 g/mol. The maximum atomic E-state index is 14.1. The van der Waals surface area contributed by atoms with E-state index in [0.717, 1.165) is 0 Å². The van der Waals surface area contributed by atoms with Crippen molar-refractivity contribution in [3.8, 4) is 11.5 Å². The molecule has 0 aliphatic carbocycles. The molecule has 2 aromatic rings. The van der Waals surface area contributed by atoms with Crippen molar-refractivity contribution in [1.82, 2.24) is 4.98 Å². The average molecular weight is 315 g/mol. The summed E-state index contributed by atoms with van der Waals surface area (Å²) in [5.41, 5.74) is 0.156. The number of methoxy groups -OCH3 is 1. The minimum absolute atomic E-state index is 0.0762. The predicted octanol–water partition coefficient (Wildman–Crippen LogP) is 4.15. The number of nitrogens with zero attached hydrogens (tertiary/aromatic N) is 2. The molecule has 0 bridgehead atoms. The lowest BCUT2D eigenvalue weighted by molar-refractivity contribution is 0.373. The molecule has 7 heteroatoms. The van der Waals surface area contributed by atoms with Crippen molar-refractivity contribution in [3.63, 3.8) is 0 Å². The van der Waals surface area contributed by atoms with Crippen LogP contribution in [0.2, 0.25) is 10.0 Å². The molecule has 0 saturated heterocycles. The van der Waals surface area contributed by atoms with Crippen LogP contribution in [-0.2, 0) is 0 Å². The highest BCUT2D eigenvalue weighted by Gasteiger charge is 2.11. The van der Waals surface area contributed by atoms with Crippen LogP contribution in [0, 0.1) is 0 Å². The Hall–Kier alpha value is -1.85. The van der Waals surface area contributed by atoms with Crippen molar-refractivity contribution in [2.45, 2.75) is 0 Å². The molecule has 0 aliphatic heterocycles. The third-order valence-electron chi connectivity index (χ3n) is 2.46. The van der Waals surface area contributed by atoms with E-state index in [9.17, 15) is 9.50 Å². The maximum absolute atomic E-state index is 14.1. The lowest BCUT2D eigenvalue weighted by atomic mass is 10.2. The third kappa shape index (κ3) is 3.00. The third-order valence-corrected chi connectivity index (χ3v) is 3.01. The standard InChI is InChI=1S/C13H9Cl2FN2O2/c1-20-11-3-2-7(4-10(11)19)13(16)18-12-8(14)5-17-6-9(12)15/h2-6,19H,1H3/b18-13-. The fourth-order valence-corrected chi connectivity index (χ4v) is 1.94. The van der Waals surface area contributed by atoms with Gasteiger partial charge in [-0.05, 0) is 18.2 Å². The number of hydrogen-bond donors (Lipinski definition) is 1. The van der Waals surface area contributed by atoms with Gasteiger partial charge in [0.15, 0.2) is 11.5 Å². The minimum Gasteiger partial charge on any atom is -0.504 e. The van der Waals surface area contributed by atoms with Crippen LogP contribution in [-0.4, -0.2) is 23.2 Å². The zero-order chi connectivity index (χ0) is 14.7. The van der Waals surface area contributed by atoms with E-state index in [-0.39, 0.29) is 32.8 Å². The molecule has 0 saturated carbocycles. The topological polar surface area (TPSA) is 54.7 Å². The first-order valence-electron chi connectivity index (χ1n) is 5.43. The highest BCUT2D eigenvalue weighted by molar-refractivity contribution is 6.38. The lowest BCUT2D eigenvalue weighted by Gasteiger charge is -2.05. The van der Waals surface area contributed by atoms with Gasteiger partial charge in [0.05, 0.1) is 17.2 Å². The van der Waals surface area contributed by atoms with Crippen LogP contribution >= 0.6 is 23.2 Å². The van der Waals surface area contributed by atoms with Crippen molar-refractivity contribution >= 4 is 34.9 Å². The molecule has 1 heterocycles. The van der Waals surface area contributed by atoms with Crippen LogP contribution in [0.3, 0.4) is 0 Å². The van der Waals surface area contributed by atoms with E-state index in [1.807, 2.05) is 0 Å². The SMILES string of the molecule is COc1ccc(/C(F)=N/c2c(Cl)cncc2Cl)cc1O. The van der Waals surface area contributed by atoms with Crippen LogP contribution in [0.25, 0.3) is 0 Å². The molecule has 0 aliphatic rings. The zero-order valence-electron chi connectivity index (χ0n) is 10.3. The molecule has 0 spiro atoms. The number of hydrogen-bond acceptors (Lipinski definition) is 4. The number of aromatic hydroxyl groups is 1. The first kappa shape index (κ1) is 14.6. The molecule has 2 rings (SSSR count). The second-order valence-corrected chi connectivity index (χ2v) is 4.56. The number of aliphatic imine (C=N–C) groups is 1. The van der Waals surface area contributed by atoms with Crippen LogP contribution in [0.15, 0.2) is 35.6 Å². The molecule has 0 atom stereocenters. The summed E-state index contributed by atoms with van der Waals surface area (Å²) in [5, 5.41) is 9.87. The van der Waals surface area contributed by atoms with E-state index >= 15 is 0 Å².